The lowest BCUT2D eigenvalue weighted by atomic mass is 10.1. The molecule has 2 amide bonds. The number of amides is 2. The molecule has 0 aliphatic heterocycles. The van der Waals surface area contributed by atoms with E-state index in [1.54, 1.807) is 0 Å². The van der Waals surface area contributed by atoms with Gasteiger partial charge in [-0.1, -0.05) is 85.6 Å². The SMILES string of the molecule is NCCN(CC(=O)NCCCCCCNC(=O)CN(CCN)Cc1ccc2ccccc2c1)Cc1ccc2ccccc2c1. The summed E-state index contributed by atoms with van der Waals surface area (Å²) in [5.41, 5.74) is 14.0. The number of hydrogen-bond donors (Lipinski definition) is 4. The third-order valence-corrected chi connectivity index (χ3v) is 7.81. The molecule has 8 heteroatoms. The second-order valence-electron chi connectivity index (χ2n) is 11.5. The summed E-state index contributed by atoms with van der Waals surface area (Å²) in [6.45, 7) is 5.69. The first-order chi connectivity index (χ1) is 21.5. The van der Waals surface area contributed by atoms with E-state index < -0.39 is 0 Å². The molecule has 0 atom stereocenters. The molecule has 0 saturated carbocycles. The maximum absolute atomic E-state index is 12.6. The second-order valence-corrected chi connectivity index (χ2v) is 11.5. The Morgan fingerprint density at radius 3 is 1.36 bits per heavy atom. The minimum Gasteiger partial charge on any atom is -0.355 e. The van der Waals surface area contributed by atoms with Crippen LogP contribution in [0, 0.1) is 0 Å². The highest BCUT2D eigenvalue weighted by Gasteiger charge is 2.12. The van der Waals surface area contributed by atoms with Crippen molar-refractivity contribution in [1.82, 2.24) is 20.4 Å². The summed E-state index contributed by atoms with van der Waals surface area (Å²) < 4.78 is 0. The maximum Gasteiger partial charge on any atom is 0.234 e. The van der Waals surface area contributed by atoms with Gasteiger partial charge in [0.2, 0.25) is 11.8 Å². The summed E-state index contributed by atoms with van der Waals surface area (Å²) in [5, 5.41) is 10.9. The van der Waals surface area contributed by atoms with Crippen LogP contribution in [0.25, 0.3) is 21.5 Å². The molecule has 0 heterocycles. The number of hydrogen-bond acceptors (Lipinski definition) is 6. The van der Waals surface area contributed by atoms with Crippen LogP contribution < -0.4 is 22.1 Å². The molecular weight excluding hydrogens is 548 g/mol. The Hall–Kier alpha value is -3.82. The number of fused-ring (bicyclic) bond motifs is 2. The van der Waals surface area contributed by atoms with Gasteiger partial charge in [0, 0.05) is 52.4 Å². The van der Waals surface area contributed by atoms with Gasteiger partial charge in [0.05, 0.1) is 13.1 Å². The van der Waals surface area contributed by atoms with Crippen molar-refractivity contribution in [1.29, 1.82) is 0 Å². The molecular formula is C36H48N6O2. The number of carbonyl (C=O) groups is 2. The molecule has 0 aromatic heterocycles. The molecule has 234 valence electrons. The van der Waals surface area contributed by atoms with Crippen molar-refractivity contribution in [3.63, 3.8) is 0 Å². The zero-order valence-corrected chi connectivity index (χ0v) is 25.8. The van der Waals surface area contributed by atoms with E-state index in [9.17, 15) is 9.59 Å². The summed E-state index contributed by atoms with van der Waals surface area (Å²) in [6.07, 6.45) is 3.83. The van der Waals surface area contributed by atoms with E-state index in [1.165, 1.54) is 32.7 Å². The molecule has 6 N–H and O–H groups in total. The van der Waals surface area contributed by atoms with Crippen LogP contribution in [0.4, 0.5) is 0 Å². The Balaban J connectivity index is 1.07. The van der Waals surface area contributed by atoms with Crippen molar-refractivity contribution in [2.24, 2.45) is 11.5 Å². The Kier molecular flexibility index (Phi) is 13.6. The van der Waals surface area contributed by atoms with E-state index in [2.05, 4.69) is 81.1 Å². The molecule has 0 radical (unpaired) electrons. The summed E-state index contributed by atoms with van der Waals surface area (Å²) >= 11 is 0. The monoisotopic (exact) mass is 596 g/mol. The fourth-order valence-electron chi connectivity index (χ4n) is 5.56. The Labute approximate surface area is 261 Å². The molecule has 44 heavy (non-hydrogen) atoms. The average molecular weight is 597 g/mol. The van der Waals surface area contributed by atoms with Crippen LogP contribution >= 0.6 is 0 Å². The Bertz CT molecular complexity index is 1360. The number of benzene rings is 4. The van der Waals surface area contributed by atoms with Crippen molar-refractivity contribution in [2.45, 2.75) is 38.8 Å². The zero-order chi connectivity index (χ0) is 31.0. The largest absolute Gasteiger partial charge is 0.355 e. The van der Waals surface area contributed by atoms with Crippen LogP contribution in [0.5, 0.6) is 0 Å². The molecule has 0 aliphatic rings. The van der Waals surface area contributed by atoms with Crippen molar-refractivity contribution < 1.29 is 9.59 Å². The van der Waals surface area contributed by atoms with Crippen LogP contribution in [-0.4, -0.2) is 74.0 Å². The van der Waals surface area contributed by atoms with Gasteiger partial charge >= 0.3 is 0 Å². The van der Waals surface area contributed by atoms with Crippen LogP contribution in [0.2, 0.25) is 0 Å². The number of unbranched alkanes of at least 4 members (excludes halogenated alkanes) is 3. The number of nitrogens with one attached hydrogen (secondary N) is 2. The lowest BCUT2D eigenvalue weighted by Gasteiger charge is -2.21. The van der Waals surface area contributed by atoms with Crippen molar-refractivity contribution in [3.05, 3.63) is 96.1 Å². The van der Waals surface area contributed by atoms with Crippen molar-refractivity contribution in [3.8, 4) is 0 Å². The summed E-state index contributed by atoms with van der Waals surface area (Å²) in [5.74, 6) is 0.0504. The fourth-order valence-corrected chi connectivity index (χ4v) is 5.56. The number of nitrogens with zero attached hydrogens (tertiary/aromatic N) is 2. The highest BCUT2D eigenvalue weighted by Crippen LogP contribution is 2.18. The minimum absolute atomic E-state index is 0.0252. The molecule has 8 nitrogen and oxygen atoms in total. The van der Waals surface area contributed by atoms with E-state index in [4.69, 9.17) is 11.5 Å². The first-order valence-corrected chi connectivity index (χ1v) is 15.9. The summed E-state index contributed by atoms with van der Waals surface area (Å²) in [7, 11) is 0. The first-order valence-electron chi connectivity index (χ1n) is 15.9. The molecule has 0 bridgehead atoms. The maximum atomic E-state index is 12.6. The third-order valence-electron chi connectivity index (χ3n) is 7.81. The van der Waals surface area contributed by atoms with E-state index >= 15 is 0 Å². The molecule has 4 aromatic carbocycles. The number of carbonyl (C=O) groups excluding carboxylic acids is 2. The molecule has 0 spiro atoms. The molecule has 0 fully saturated rings. The highest BCUT2D eigenvalue weighted by atomic mass is 16.2. The van der Waals surface area contributed by atoms with Crippen molar-refractivity contribution >= 4 is 33.4 Å². The van der Waals surface area contributed by atoms with E-state index in [0.717, 1.165) is 25.7 Å². The fraction of sp³-hybridized carbons (Fsp3) is 0.389. The topological polar surface area (TPSA) is 117 Å². The minimum atomic E-state index is 0.0252. The predicted molar refractivity (Wildman–Crippen MR) is 181 cm³/mol. The average Bonchev–Trinajstić information content (AvgIpc) is 3.02. The molecule has 0 aliphatic carbocycles. The van der Waals surface area contributed by atoms with Crippen LogP contribution in [0.15, 0.2) is 84.9 Å². The first kappa shape index (κ1) is 33.1. The van der Waals surface area contributed by atoms with Crippen LogP contribution in [0.3, 0.4) is 0 Å². The normalized spacial score (nSPS) is 11.5. The lowest BCUT2D eigenvalue weighted by Crippen LogP contribution is -2.39. The van der Waals surface area contributed by atoms with Gasteiger partial charge in [0.15, 0.2) is 0 Å². The standard InChI is InChI=1S/C36H48N6O2/c37-17-21-41(25-29-13-15-31-9-3-5-11-33(31)23-29)27-35(43)39-19-7-1-2-8-20-40-36(44)28-42(22-18-38)26-30-14-16-32-10-4-6-12-34(32)24-30/h3-6,9-16,23-24H,1-2,7-8,17-22,25-28,37-38H2,(H,39,43)(H,40,44). The van der Waals surface area contributed by atoms with Gasteiger partial charge in [-0.15, -0.1) is 0 Å². The van der Waals surface area contributed by atoms with Gasteiger partial charge in [-0.25, -0.2) is 0 Å². The smallest absolute Gasteiger partial charge is 0.234 e. The van der Waals surface area contributed by atoms with E-state index in [-0.39, 0.29) is 11.8 Å². The van der Waals surface area contributed by atoms with Crippen LogP contribution in [-0.2, 0) is 22.7 Å². The van der Waals surface area contributed by atoms with Gasteiger partial charge in [0.25, 0.3) is 0 Å². The predicted octanol–water partition coefficient (Wildman–Crippen LogP) is 4.01. The van der Waals surface area contributed by atoms with E-state index in [1.807, 2.05) is 24.3 Å². The quantitative estimate of drug-likeness (QED) is 0.122. The lowest BCUT2D eigenvalue weighted by molar-refractivity contribution is -0.123. The Morgan fingerprint density at radius 1 is 0.545 bits per heavy atom. The summed E-state index contributed by atoms with van der Waals surface area (Å²) in [6, 6.07) is 29.4. The zero-order valence-electron chi connectivity index (χ0n) is 25.8. The van der Waals surface area contributed by atoms with Gasteiger partial charge in [-0.3, -0.25) is 19.4 Å². The van der Waals surface area contributed by atoms with Gasteiger partial charge in [-0.05, 0) is 57.6 Å². The molecule has 0 saturated heterocycles. The van der Waals surface area contributed by atoms with Crippen molar-refractivity contribution in [2.75, 3.05) is 52.4 Å². The number of rotatable bonds is 19. The van der Waals surface area contributed by atoms with E-state index in [0.29, 0.717) is 65.4 Å². The van der Waals surface area contributed by atoms with Gasteiger partial charge < -0.3 is 22.1 Å². The second kappa shape index (κ2) is 18.1. The molecule has 0 unspecified atom stereocenters. The van der Waals surface area contributed by atoms with Gasteiger partial charge in [-0.2, -0.15) is 0 Å². The molecule has 4 rings (SSSR count). The number of nitrogens with two attached hydrogens (primary N) is 2. The highest BCUT2D eigenvalue weighted by molar-refractivity contribution is 5.84. The van der Waals surface area contributed by atoms with Crippen LogP contribution in [0.1, 0.15) is 36.8 Å². The third kappa shape index (κ3) is 11.0. The Morgan fingerprint density at radius 2 is 0.955 bits per heavy atom. The van der Waals surface area contributed by atoms with Gasteiger partial charge in [0.1, 0.15) is 0 Å². The molecule has 4 aromatic rings. The summed E-state index contributed by atoms with van der Waals surface area (Å²) in [4.78, 5) is 29.4.